The summed E-state index contributed by atoms with van der Waals surface area (Å²) in [5, 5.41) is 10.1. The van der Waals surface area contributed by atoms with Crippen molar-refractivity contribution in [3.63, 3.8) is 0 Å². The van der Waals surface area contributed by atoms with Gasteiger partial charge in [0.15, 0.2) is 0 Å². The van der Waals surface area contributed by atoms with Crippen LogP contribution in [0.15, 0.2) is 18.2 Å². The Labute approximate surface area is 92.6 Å². The van der Waals surface area contributed by atoms with E-state index in [9.17, 15) is 9.18 Å². The molecule has 0 aliphatic carbocycles. The zero-order chi connectivity index (χ0) is 11.9. The fourth-order valence-corrected chi connectivity index (χ4v) is 1.81. The molecule has 1 aliphatic rings. The van der Waals surface area contributed by atoms with Gasteiger partial charge in [0.05, 0.1) is 0 Å². The number of amides is 2. The Morgan fingerprint density at radius 2 is 2.19 bits per heavy atom. The van der Waals surface area contributed by atoms with Crippen LogP contribution < -0.4 is 5.32 Å². The van der Waals surface area contributed by atoms with Crippen molar-refractivity contribution in [3.8, 4) is 0 Å². The zero-order valence-electron chi connectivity index (χ0n) is 9.04. The Morgan fingerprint density at radius 1 is 1.50 bits per heavy atom. The van der Waals surface area contributed by atoms with E-state index in [-0.39, 0.29) is 17.7 Å². The number of hydrogen-bond donors (Lipinski definition) is 2. The maximum Gasteiger partial charge on any atom is 0.323 e. The van der Waals surface area contributed by atoms with Crippen molar-refractivity contribution in [1.82, 2.24) is 10.2 Å². The van der Waals surface area contributed by atoms with E-state index in [1.165, 1.54) is 11.0 Å². The number of nitrogens with one attached hydrogen (secondary N) is 2. The van der Waals surface area contributed by atoms with E-state index in [1.54, 1.807) is 26.1 Å². The van der Waals surface area contributed by atoms with Gasteiger partial charge in [0.1, 0.15) is 17.7 Å². The second-order valence-corrected chi connectivity index (χ2v) is 3.87. The quantitative estimate of drug-likeness (QED) is 0.746. The molecule has 16 heavy (non-hydrogen) atoms. The number of amidine groups is 1. The molecule has 1 unspecified atom stereocenters. The van der Waals surface area contributed by atoms with E-state index >= 15 is 0 Å². The Bertz CT molecular complexity index is 472. The van der Waals surface area contributed by atoms with Crippen LogP contribution >= 0.6 is 0 Å². The number of hydrogen-bond acceptors (Lipinski definition) is 2. The van der Waals surface area contributed by atoms with Gasteiger partial charge in [-0.2, -0.15) is 0 Å². The number of aryl methyl sites for hydroxylation is 1. The topological polar surface area (TPSA) is 56.2 Å². The second kappa shape index (κ2) is 3.59. The first-order valence-electron chi connectivity index (χ1n) is 4.89. The van der Waals surface area contributed by atoms with E-state index in [2.05, 4.69) is 5.32 Å². The maximum atomic E-state index is 13.1. The van der Waals surface area contributed by atoms with Gasteiger partial charge >= 0.3 is 6.03 Å². The third-order valence-electron chi connectivity index (χ3n) is 2.72. The fourth-order valence-electron chi connectivity index (χ4n) is 1.81. The van der Waals surface area contributed by atoms with Crippen molar-refractivity contribution in [3.05, 3.63) is 35.1 Å². The van der Waals surface area contributed by atoms with Gasteiger partial charge in [0.2, 0.25) is 0 Å². The predicted octanol–water partition coefficient (Wildman–Crippen LogP) is 1.81. The third-order valence-corrected chi connectivity index (χ3v) is 2.72. The lowest BCUT2D eigenvalue weighted by Crippen LogP contribution is -2.25. The average molecular weight is 221 g/mol. The summed E-state index contributed by atoms with van der Waals surface area (Å²) in [6.07, 6.45) is 0. The lowest BCUT2D eigenvalue weighted by molar-refractivity contribution is 0.217. The molecule has 0 spiro atoms. The number of nitrogens with zero attached hydrogens (tertiary/aromatic N) is 1. The first-order chi connectivity index (χ1) is 7.50. The van der Waals surface area contributed by atoms with Gasteiger partial charge in [-0.25, -0.2) is 9.18 Å². The number of rotatable bonds is 1. The second-order valence-electron chi connectivity index (χ2n) is 3.87. The molecular weight excluding hydrogens is 209 g/mol. The van der Waals surface area contributed by atoms with Gasteiger partial charge in [0.25, 0.3) is 0 Å². The summed E-state index contributed by atoms with van der Waals surface area (Å²) in [5.74, 6) is -0.159. The number of halogens is 1. The van der Waals surface area contributed by atoms with Crippen LogP contribution in [0.1, 0.15) is 17.2 Å². The highest BCUT2D eigenvalue weighted by Crippen LogP contribution is 2.25. The molecule has 0 radical (unpaired) electrons. The number of carbonyl (C=O) groups is 1. The average Bonchev–Trinajstić information content (AvgIpc) is 2.47. The molecule has 1 aromatic carbocycles. The highest BCUT2D eigenvalue weighted by Gasteiger charge is 2.33. The van der Waals surface area contributed by atoms with Crippen molar-refractivity contribution in [1.29, 1.82) is 5.41 Å². The lowest BCUT2D eigenvalue weighted by Gasteiger charge is -2.18. The molecule has 5 heteroatoms. The van der Waals surface area contributed by atoms with E-state index in [1.807, 2.05) is 0 Å². The van der Waals surface area contributed by atoms with Crippen LogP contribution in [0.2, 0.25) is 0 Å². The first-order valence-corrected chi connectivity index (χ1v) is 4.89. The number of benzene rings is 1. The van der Waals surface area contributed by atoms with Crippen molar-refractivity contribution < 1.29 is 9.18 Å². The van der Waals surface area contributed by atoms with Gasteiger partial charge in [-0.05, 0) is 24.1 Å². The van der Waals surface area contributed by atoms with Gasteiger partial charge in [0, 0.05) is 7.05 Å². The lowest BCUT2D eigenvalue weighted by atomic mass is 10.0. The number of likely N-dealkylation sites (N-methyl/N-ethyl adjacent to an activating group) is 1. The summed E-state index contributed by atoms with van der Waals surface area (Å²) in [4.78, 5) is 12.7. The molecule has 1 aromatic rings. The normalized spacial score (nSPS) is 20.2. The molecule has 1 heterocycles. The summed E-state index contributed by atoms with van der Waals surface area (Å²) in [7, 11) is 1.61. The Hall–Kier alpha value is -1.91. The highest BCUT2D eigenvalue weighted by molar-refractivity contribution is 6.05. The van der Waals surface area contributed by atoms with Crippen molar-refractivity contribution in [2.24, 2.45) is 0 Å². The first kappa shape index (κ1) is 10.6. The summed E-state index contributed by atoms with van der Waals surface area (Å²) >= 11 is 0. The molecule has 2 rings (SSSR count). The smallest absolute Gasteiger partial charge is 0.313 e. The van der Waals surface area contributed by atoms with Gasteiger partial charge in [-0.1, -0.05) is 12.1 Å². The SMILES string of the molecule is Cc1cc(C2C(=N)NC(=O)N2C)ccc1F. The number of urea groups is 1. The predicted molar refractivity (Wildman–Crippen MR) is 57.9 cm³/mol. The van der Waals surface area contributed by atoms with Crippen molar-refractivity contribution in [2.75, 3.05) is 7.05 Å². The Kier molecular flexibility index (Phi) is 2.38. The van der Waals surface area contributed by atoms with Crippen LogP contribution in [0.5, 0.6) is 0 Å². The van der Waals surface area contributed by atoms with Crippen LogP contribution in [-0.4, -0.2) is 23.8 Å². The van der Waals surface area contributed by atoms with Crippen LogP contribution in [0.25, 0.3) is 0 Å². The van der Waals surface area contributed by atoms with Gasteiger partial charge in [-0.3, -0.25) is 10.7 Å². The monoisotopic (exact) mass is 221 g/mol. The van der Waals surface area contributed by atoms with Crippen LogP contribution in [0, 0.1) is 18.2 Å². The molecule has 1 fully saturated rings. The zero-order valence-corrected chi connectivity index (χ0v) is 9.04. The fraction of sp³-hybridized carbons (Fsp3) is 0.273. The standard InChI is InChI=1S/C11H12FN3O/c1-6-5-7(3-4-8(6)12)9-10(13)14-11(16)15(9)2/h3-5,9H,1-2H3,(H2,13,14,16). The molecule has 2 amide bonds. The van der Waals surface area contributed by atoms with Crippen molar-refractivity contribution in [2.45, 2.75) is 13.0 Å². The highest BCUT2D eigenvalue weighted by atomic mass is 19.1. The van der Waals surface area contributed by atoms with E-state index in [4.69, 9.17) is 5.41 Å². The van der Waals surface area contributed by atoms with Crippen LogP contribution in [0.3, 0.4) is 0 Å². The van der Waals surface area contributed by atoms with Crippen LogP contribution in [-0.2, 0) is 0 Å². The minimum atomic E-state index is -0.438. The minimum absolute atomic E-state index is 0.124. The summed E-state index contributed by atoms with van der Waals surface area (Å²) < 4.78 is 13.1. The summed E-state index contributed by atoms with van der Waals surface area (Å²) in [5.41, 5.74) is 1.25. The molecular formula is C11H12FN3O. The van der Waals surface area contributed by atoms with E-state index in [0.29, 0.717) is 5.56 Å². The summed E-state index contributed by atoms with van der Waals surface area (Å²) in [6, 6.07) is 3.86. The molecule has 0 saturated carbocycles. The third kappa shape index (κ3) is 1.54. The largest absolute Gasteiger partial charge is 0.323 e. The van der Waals surface area contributed by atoms with E-state index in [0.717, 1.165) is 5.56 Å². The molecule has 2 N–H and O–H groups in total. The molecule has 0 bridgehead atoms. The van der Waals surface area contributed by atoms with E-state index < -0.39 is 6.04 Å². The summed E-state index contributed by atoms with van der Waals surface area (Å²) in [6.45, 7) is 1.66. The molecule has 84 valence electrons. The van der Waals surface area contributed by atoms with Crippen molar-refractivity contribution >= 4 is 11.9 Å². The van der Waals surface area contributed by atoms with Gasteiger partial charge in [-0.15, -0.1) is 0 Å². The molecule has 1 atom stereocenters. The molecule has 1 aliphatic heterocycles. The minimum Gasteiger partial charge on any atom is -0.313 e. The maximum absolute atomic E-state index is 13.1. The molecule has 1 saturated heterocycles. The Morgan fingerprint density at radius 3 is 2.69 bits per heavy atom. The van der Waals surface area contributed by atoms with Gasteiger partial charge < -0.3 is 4.90 Å². The number of carbonyl (C=O) groups excluding carboxylic acids is 1. The van der Waals surface area contributed by atoms with Crippen LogP contribution in [0.4, 0.5) is 9.18 Å². The molecule has 0 aromatic heterocycles. The Balaban J connectivity index is 2.40. The molecule has 4 nitrogen and oxygen atoms in total.